The second-order valence-electron chi connectivity index (χ2n) is 11.9. The number of amides is 2. The summed E-state index contributed by atoms with van der Waals surface area (Å²) in [6.07, 6.45) is 18.4. The first-order valence-electron chi connectivity index (χ1n) is 14.1. The predicted molar refractivity (Wildman–Crippen MR) is 152 cm³/mol. The molecule has 210 valence electrons. The average Bonchev–Trinajstić information content (AvgIpc) is 3.71. The molecule has 1 aliphatic carbocycles. The van der Waals surface area contributed by atoms with Gasteiger partial charge in [0.25, 0.3) is 0 Å². The molecule has 0 unspecified atom stereocenters. The van der Waals surface area contributed by atoms with E-state index in [0.29, 0.717) is 31.8 Å². The quantitative estimate of drug-likeness (QED) is 0.323. The van der Waals surface area contributed by atoms with Crippen molar-refractivity contribution in [3.8, 4) is 18.4 Å². The number of ether oxygens (including phenoxy) is 1. The zero-order valence-corrected chi connectivity index (χ0v) is 24.5. The Morgan fingerprint density at radius 1 is 1.11 bits per heavy atom. The highest BCUT2D eigenvalue weighted by Gasteiger charge is 2.48. The number of terminal acetylenes is 1. The number of carbonyl (C=O) groups excluding carboxylic acids is 2. The number of rotatable bonds is 7. The lowest BCUT2D eigenvalue weighted by molar-refractivity contribution is -0.141. The number of allylic oxidation sites excluding steroid dienone is 3. The fraction of sp³-hybridized carbons (Fsp3) is 0.710. The molecule has 2 amide bonds. The summed E-state index contributed by atoms with van der Waals surface area (Å²) in [5.41, 5.74) is -1.26. The van der Waals surface area contributed by atoms with Crippen LogP contribution in [0.4, 0.5) is 4.79 Å². The number of nitrogens with zero attached hydrogens (tertiary/aromatic N) is 4. The second kappa shape index (κ2) is 13.9. The smallest absolute Gasteiger partial charge is 0.410 e. The van der Waals surface area contributed by atoms with Gasteiger partial charge in [-0.1, -0.05) is 24.3 Å². The van der Waals surface area contributed by atoms with Crippen molar-refractivity contribution in [3.05, 3.63) is 24.3 Å². The molecule has 2 aliphatic heterocycles. The molecule has 0 aromatic rings. The molecule has 0 aromatic heterocycles. The maximum absolute atomic E-state index is 13.2. The lowest BCUT2D eigenvalue weighted by Gasteiger charge is -2.52. The molecule has 0 N–H and O–H groups in total. The lowest BCUT2D eigenvalue weighted by atomic mass is 9.81. The molecule has 3 aliphatic rings. The summed E-state index contributed by atoms with van der Waals surface area (Å²) in [4.78, 5) is 31.9. The Labute approximate surface area is 230 Å². The van der Waals surface area contributed by atoms with E-state index in [1.807, 2.05) is 45.9 Å². The Balaban J connectivity index is 0.00000161. The van der Waals surface area contributed by atoms with Crippen molar-refractivity contribution in [1.29, 1.82) is 5.26 Å². The highest BCUT2D eigenvalue weighted by molar-refractivity contribution is 5.81. The van der Waals surface area contributed by atoms with E-state index in [4.69, 9.17) is 4.74 Å². The Morgan fingerprint density at radius 3 is 2.16 bits per heavy atom. The van der Waals surface area contributed by atoms with Crippen LogP contribution in [0.25, 0.3) is 0 Å². The fourth-order valence-corrected chi connectivity index (χ4v) is 5.26. The van der Waals surface area contributed by atoms with Gasteiger partial charge >= 0.3 is 6.09 Å². The maximum Gasteiger partial charge on any atom is 0.410 e. The van der Waals surface area contributed by atoms with Crippen molar-refractivity contribution in [3.63, 3.8) is 0 Å². The standard InChI is InChI=1S/C28H44N4O3.C3H4/c1-6-7-8-9-10-17-32(24(33)23-11-12-23)27(5)13-20-31(21-14-27)28(22-29)15-18-30(19-16-28)25(34)35-26(2,3)4;1-3-2/h6-9,23H,10-21H2,1-5H3;1H,2H3/b7-6-,9-8-;. The van der Waals surface area contributed by atoms with Gasteiger partial charge in [-0.3, -0.25) is 9.69 Å². The van der Waals surface area contributed by atoms with E-state index in [-0.39, 0.29) is 17.6 Å². The first-order chi connectivity index (χ1) is 17.9. The Kier molecular flexibility index (Phi) is 11.5. The molecule has 2 heterocycles. The molecule has 0 radical (unpaired) electrons. The molecule has 2 saturated heterocycles. The number of carbonyl (C=O) groups is 2. The molecule has 7 nitrogen and oxygen atoms in total. The van der Waals surface area contributed by atoms with E-state index in [2.05, 4.69) is 41.2 Å². The van der Waals surface area contributed by atoms with Gasteiger partial charge in [0, 0.05) is 44.2 Å². The van der Waals surface area contributed by atoms with Gasteiger partial charge in [0.1, 0.15) is 11.1 Å². The van der Waals surface area contributed by atoms with E-state index in [9.17, 15) is 14.9 Å². The molecule has 38 heavy (non-hydrogen) atoms. The summed E-state index contributed by atoms with van der Waals surface area (Å²) in [6.45, 7) is 14.9. The van der Waals surface area contributed by atoms with E-state index in [1.165, 1.54) is 0 Å². The van der Waals surface area contributed by atoms with Crippen molar-refractivity contribution in [2.45, 2.75) is 103 Å². The monoisotopic (exact) mass is 524 g/mol. The van der Waals surface area contributed by atoms with Crippen molar-refractivity contribution in [2.75, 3.05) is 32.7 Å². The number of hydrogen-bond donors (Lipinski definition) is 0. The van der Waals surface area contributed by atoms with Crippen LogP contribution in [-0.4, -0.2) is 76.1 Å². The van der Waals surface area contributed by atoms with Crippen molar-refractivity contribution in [1.82, 2.24) is 14.7 Å². The normalized spacial score (nSPS) is 21.2. The van der Waals surface area contributed by atoms with Gasteiger partial charge in [0.05, 0.1) is 6.07 Å². The van der Waals surface area contributed by atoms with Crippen LogP contribution in [0.1, 0.15) is 86.5 Å². The van der Waals surface area contributed by atoms with Gasteiger partial charge in [-0.25, -0.2) is 4.79 Å². The third-order valence-corrected chi connectivity index (χ3v) is 7.70. The molecule has 0 spiro atoms. The molecular formula is C31H48N4O3. The Hall–Kier alpha value is -2.77. The molecule has 0 aromatic carbocycles. The molecule has 1 saturated carbocycles. The van der Waals surface area contributed by atoms with Crippen LogP contribution in [0.5, 0.6) is 0 Å². The van der Waals surface area contributed by atoms with Crippen LogP contribution in [0.3, 0.4) is 0 Å². The third-order valence-electron chi connectivity index (χ3n) is 7.70. The minimum absolute atomic E-state index is 0.182. The summed E-state index contributed by atoms with van der Waals surface area (Å²) in [5.74, 6) is 2.76. The van der Waals surface area contributed by atoms with E-state index in [0.717, 1.165) is 51.7 Å². The van der Waals surface area contributed by atoms with Gasteiger partial charge in [-0.2, -0.15) is 5.26 Å². The number of likely N-dealkylation sites (tertiary alicyclic amines) is 2. The first kappa shape index (κ1) is 31.4. The van der Waals surface area contributed by atoms with E-state index >= 15 is 0 Å². The molecular weight excluding hydrogens is 476 g/mol. The average molecular weight is 525 g/mol. The van der Waals surface area contributed by atoms with Gasteiger partial charge in [0.15, 0.2) is 0 Å². The van der Waals surface area contributed by atoms with Gasteiger partial charge < -0.3 is 14.5 Å². The predicted octanol–water partition coefficient (Wildman–Crippen LogP) is 5.53. The highest BCUT2D eigenvalue weighted by atomic mass is 16.6. The molecule has 3 rings (SSSR count). The number of hydrogen-bond acceptors (Lipinski definition) is 5. The first-order valence-corrected chi connectivity index (χ1v) is 14.1. The van der Waals surface area contributed by atoms with Gasteiger partial charge in [0.2, 0.25) is 5.91 Å². The van der Waals surface area contributed by atoms with Crippen molar-refractivity contribution >= 4 is 12.0 Å². The van der Waals surface area contributed by atoms with Gasteiger partial charge in [-0.05, 0) is 86.5 Å². The minimum Gasteiger partial charge on any atom is -0.444 e. The highest BCUT2D eigenvalue weighted by Crippen LogP contribution is 2.39. The largest absolute Gasteiger partial charge is 0.444 e. The van der Waals surface area contributed by atoms with Gasteiger partial charge in [-0.15, -0.1) is 12.3 Å². The SMILES string of the molecule is C#CC.C/C=C\C=C/CCN(C(=O)C1CC1)C1(C)CCN(C2(C#N)CCN(C(=O)OC(C)(C)C)CC2)CC1. The molecule has 0 bridgehead atoms. The minimum atomic E-state index is -0.555. The summed E-state index contributed by atoms with van der Waals surface area (Å²) >= 11 is 0. The summed E-state index contributed by atoms with van der Waals surface area (Å²) in [6, 6.07) is 2.61. The summed E-state index contributed by atoms with van der Waals surface area (Å²) in [5, 5.41) is 10.2. The van der Waals surface area contributed by atoms with Crippen LogP contribution in [-0.2, 0) is 9.53 Å². The number of piperidine rings is 2. The van der Waals surface area contributed by atoms with Crippen molar-refractivity contribution < 1.29 is 14.3 Å². The maximum atomic E-state index is 13.2. The lowest BCUT2D eigenvalue weighted by Crippen LogP contribution is -2.62. The summed E-state index contributed by atoms with van der Waals surface area (Å²) < 4.78 is 5.52. The molecule has 7 heteroatoms. The second-order valence-corrected chi connectivity index (χ2v) is 11.9. The molecule has 3 fully saturated rings. The Bertz CT molecular complexity index is 930. The van der Waals surface area contributed by atoms with Crippen LogP contribution in [0, 0.1) is 29.6 Å². The molecule has 0 atom stereocenters. The topological polar surface area (TPSA) is 76.9 Å². The zero-order valence-electron chi connectivity index (χ0n) is 24.5. The van der Waals surface area contributed by atoms with Crippen LogP contribution in [0.2, 0.25) is 0 Å². The van der Waals surface area contributed by atoms with Crippen molar-refractivity contribution in [2.24, 2.45) is 5.92 Å². The zero-order chi connectivity index (χ0) is 28.4. The summed E-state index contributed by atoms with van der Waals surface area (Å²) in [7, 11) is 0. The van der Waals surface area contributed by atoms with Crippen LogP contribution >= 0.6 is 0 Å². The number of nitriles is 1. The third kappa shape index (κ3) is 8.63. The van der Waals surface area contributed by atoms with Crippen LogP contribution < -0.4 is 0 Å². The van der Waals surface area contributed by atoms with E-state index in [1.54, 1.807) is 11.8 Å². The Morgan fingerprint density at radius 2 is 1.68 bits per heavy atom. The van der Waals surface area contributed by atoms with E-state index < -0.39 is 11.1 Å². The fourth-order valence-electron chi connectivity index (χ4n) is 5.26. The van der Waals surface area contributed by atoms with Crippen LogP contribution in [0.15, 0.2) is 24.3 Å².